The van der Waals surface area contributed by atoms with Crippen LogP contribution in [0.25, 0.3) is 0 Å². The number of rotatable bonds is 2. The maximum absolute atomic E-state index is 2.48. The summed E-state index contributed by atoms with van der Waals surface area (Å²) in [6, 6.07) is 0. The highest BCUT2D eigenvalue weighted by Gasteiger charge is 2.32. The van der Waals surface area contributed by atoms with Gasteiger partial charge in [0.1, 0.15) is 0 Å². The third kappa shape index (κ3) is 2.02. The first-order chi connectivity index (χ1) is 5.58. The van der Waals surface area contributed by atoms with Crippen LogP contribution in [0.5, 0.6) is 0 Å². The summed E-state index contributed by atoms with van der Waals surface area (Å²) in [6.45, 7) is 9.57. The molecule has 72 valence electrons. The predicted octanol–water partition coefficient (Wildman–Crippen LogP) is 4.25. The molecular formula is C12H24. The van der Waals surface area contributed by atoms with Crippen molar-refractivity contribution in [3.8, 4) is 0 Å². The van der Waals surface area contributed by atoms with E-state index < -0.39 is 0 Å². The fourth-order valence-corrected chi connectivity index (χ4v) is 2.32. The van der Waals surface area contributed by atoms with E-state index in [1.54, 1.807) is 0 Å². The minimum Gasteiger partial charge on any atom is -0.0651 e. The molecule has 0 aromatic rings. The Morgan fingerprint density at radius 3 is 2.08 bits per heavy atom. The van der Waals surface area contributed by atoms with Gasteiger partial charge in [-0.3, -0.25) is 0 Å². The molecule has 12 heavy (non-hydrogen) atoms. The molecule has 0 atom stereocenters. The summed E-state index contributed by atoms with van der Waals surface area (Å²) in [5.41, 5.74) is 0.658. The first kappa shape index (κ1) is 10.1. The summed E-state index contributed by atoms with van der Waals surface area (Å²) in [5, 5.41) is 0. The van der Waals surface area contributed by atoms with Gasteiger partial charge in [0.15, 0.2) is 0 Å². The van der Waals surface area contributed by atoms with Gasteiger partial charge in [0.05, 0.1) is 0 Å². The van der Waals surface area contributed by atoms with Crippen LogP contribution in [0.1, 0.15) is 59.8 Å². The van der Waals surface area contributed by atoms with Crippen LogP contribution in [0.2, 0.25) is 0 Å². The van der Waals surface area contributed by atoms with E-state index in [0.29, 0.717) is 5.41 Å². The first-order valence-electron chi connectivity index (χ1n) is 5.58. The van der Waals surface area contributed by atoms with Crippen LogP contribution in [0.4, 0.5) is 0 Å². The molecule has 0 saturated heterocycles. The fourth-order valence-electron chi connectivity index (χ4n) is 2.32. The average Bonchev–Trinajstić information content (AvgIpc) is 2.06. The van der Waals surface area contributed by atoms with E-state index >= 15 is 0 Å². The van der Waals surface area contributed by atoms with E-state index in [2.05, 4.69) is 27.7 Å². The van der Waals surface area contributed by atoms with Gasteiger partial charge in [-0.05, 0) is 42.9 Å². The van der Waals surface area contributed by atoms with Crippen molar-refractivity contribution in [2.75, 3.05) is 0 Å². The standard InChI is InChI=1S/C12H24/c1-5-11-6-8-12(4,9-7-11)10(2)3/h10-11H,5-9H2,1-4H3. The van der Waals surface area contributed by atoms with E-state index in [-0.39, 0.29) is 0 Å². The second-order valence-corrected chi connectivity index (χ2v) is 5.16. The van der Waals surface area contributed by atoms with Crippen molar-refractivity contribution in [2.45, 2.75) is 59.8 Å². The number of hydrogen-bond acceptors (Lipinski definition) is 0. The van der Waals surface area contributed by atoms with Gasteiger partial charge in [0.25, 0.3) is 0 Å². The van der Waals surface area contributed by atoms with Crippen LogP contribution in [0, 0.1) is 17.3 Å². The number of hydrogen-bond donors (Lipinski definition) is 0. The van der Waals surface area contributed by atoms with Gasteiger partial charge in [-0.25, -0.2) is 0 Å². The summed E-state index contributed by atoms with van der Waals surface area (Å²) < 4.78 is 0. The Hall–Kier alpha value is 0. The maximum Gasteiger partial charge on any atom is -0.0303 e. The fraction of sp³-hybridized carbons (Fsp3) is 1.00. The van der Waals surface area contributed by atoms with Crippen molar-refractivity contribution < 1.29 is 0 Å². The van der Waals surface area contributed by atoms with E-state index in [9.17, 15) is 0 Å². The minimum absolute atomic E-state index is 0.658. The van der Waals surface area contributed by atoms with Crippen LogP contribution in [-0.2, 0) is 0 Å². The maximum atomic E-state index is 2.48. The lowest BCUT2D eigenvalue weighted by Crippen LogP contribution is -2.29. The monoisotopic (exact) mass is 168 g/mol. The summed E-state index contributed by atoms with van der Waals surface area (Å²) in [5.74, 6) is 1.91. The molecule has 1 fully saturated rings. The summed E-state index contributed by atoms with van der Waals surface area (Å²) >= 11 is 0. The molecule has 0 bridgehead atoms. The second-order valence-electron chi connectivity index (χ2n) is 5.16. The van der Waals surface area contributed by atoms with E-state index in [1.807, 2.05) is 0 Å². The minimum atomic E-state index is 0.658. The van der Waals surface area contributed by atoms with E-state index in [0.717, 1.165) is 11.8 Å². The third-order valence-corrected chi connectivity index (χ3v) is 4.22. The summed E-state index contributed by atoms with van der Waals surface area (Å²) in [6.07, 6.45) is 7.27. The average molecular weight is 168 g/mol. The van der Waals surface area contributed by atoms with Gasteiger partial charge in [0, 0.05) is 0 Å². The predicted molar refractivity (Wildman–Crippen MR) is 55.2 cm³/mol. The molecule has 0 heterocycles. The summed E-state index contributed by atoms with van der Waals surface area (Å²) in [4.78, 5) is 0. The molecule has 0 aromatic heterocycles. The van der Waals surface area contributed by atoms with Crippen LogP contribution in [-0.4, -0.2) is 0 Å². The Kier molecular flexibility index (Phi) is 3.20. The Labute approximate surface area is 77.7 Å². The van der Waals surface area contributed by atoms with Gasteiger partial charge in [0.2, 0.25) is 0 Å². The lowest BCUT2D eigenvalue weighted by molar-refractivity contribution is 0.111. The van der Waals surface area contributed by atoms with Gasteiger partial charge in [-0.1, -0.05) is 34.1 Å². The molecule has 1 aliphatic carbocycles. The van der Waals surface area contributed by atoms with Gasteiger partial charge in [-0.2, -0.15) is 0 Å². The molecule has 0 nitrogen and oxygen atoms in total. The molecule has 0 radical (unpaired) electrons. The Balaban J connectivity index is 2.44. The van der Waals surface area contributed by atoms with Gasteiger partial charge >= 0.3 is 0 Å². The highest BCUT2D eigenvalue weighted by Crippen LogP contribution is 2.44. The topological polar surface area (TPSA) is 0 Å². The third-order valence-electron chi connectivity index (χ3n) is 4.22. The van der Waals surface area contributed by atoms with Gasteiger partial charge < -0.3 is 0 Å². The Morgan fingerprint density at radius 2 is 1.75 bits per heavy atom. The van der Waals surface area contributed by atoms with Crippen LogP contribution in [0.3, 0.4) is 0 Å². The van der Waals surface area contributed by atoms with Crippen molar-refractivity contribution >= 4 is 0 Å². The largest absolute Gasteiger partial charge is 0.0651 e. The van der Waals surface area contributed by atoms with E-state index in [4.69, 9.17) is 0 Å². The second kappa shape index (κ2) is 3.81. The van der Waals surface area contributed by atoms with Crippen LogP contribution < -0.4 is 0 Å². The molecule has 0 amide bonds. The highest BCUT2D eigenvalue weighted by molar-refractivity contribution is 4.83. The molecule has 0 aliphatic heterocycles. The molecule has 0 N–H and O–H groups in total. The molecule has 0 heteroatoms. The Morgan fingerprint density at radius 1 is 1.25 bits per heavy atom. The molecule has 0 unspecified atom stereocenters. The molecule has 1 rings (SSSR count). The SMILES string of the molecule is CCC1CCC(C)(C(C)C)CC1. The van der Waals surface area contributed by atoms with E-state index in [1.165, 1.54) is 32.1 Å². The van der Waals surface area contributed by atoms with Crippen LogP contribution in [0.15, 0.2) is 0 Å². The quantitative estimate of drug-likeness (QED) is 0.578. The first-order valence-corrected chi connectivity index (χ1v) is 5.58. The lowest BCUT2D eigenvalue weighted by Gasteiger charge is -2.40. The van der Waals surface area contributed by atoms with Crippen molar-refractivity contribution in [1.82, 2.24) is 0 Å². The molecule has 0 spiro atoms. The van der Waals surface area contributed by atoms with Gasteiger partial charge in [-0.15, -0.1) is 0 Å². The lowest BCUT2D eigenvalue weighted by atomic mass is 9.65. The molecular weight excluding hydrogens is 144 g/mol. The zero-order valence-corrected chi connectivity index (χ0v) is 9.19. The zero-order chi connectivity index (χ0) is 9.19. The highest BCUT2D eigenvalue weighted by atomic mass is 14.4. The summed E-state index contributed by atoms with van der Waals surface area (Å²) in [7, 11) is 0. The molecule has 0 aromatic carbocycles. The smallest absolute Gasteiger partial charge is 0.0303 e. The van der Waals surface area contributed by atoms with Crippen molar-refractivity contribution in [2.24, 2.45) is 17.3 Å². The normalized spacial score (nSPS) is 37.2. The van der Waals surface area contributed by atoms with Crippen molar-refractivity contribution in [1.29, 1.82) is 0 Å². The van der Waals surface area contributed by atoms with Crippen molar-refractivity contribution in [3.63, 3.8) is 0 Å². The zero-order valence-electron chi connectivity index (χ0n) is 9.19. The van der Waals surface area contributed by atoms with Crippen LogP contribution >= 0.6 is 0 Å². The molecule has 1 saturated carbocycles. The molecule has 1 aliphatic rings. The van der Waals surface area contributed by atoms with Crippen molar-refractivity contribution in [3.05, 3.63) is 0 Å². The Bertz CT molecular complexity index is 127.